The zero-order chi connectivity index (χ0) is 14.7. The van der Waals surface area contributed by atoms with E-state index in [1.807, 2.05) is 36.6 Å². The maximum Gasteiger partial charge on any atom is 0.287 e. The lowest BCUT2D eigenvalue weighted by atomic mass is 10.3. The zero-order valence-corrected chi connectivity index (χ0v) is 12.4. The Hall–Kier alpha value is -2.21. The number of thioether (sulfide) groups is 1. The van der Waals surface area contributed by atoms with Crippen LogP contribution in [0.15, 0.2) is 40.8 Å². The van der Waals surface area contributed by atoms with Crippen LogP contribution < -0.4 is 5.32 Å². The van der Waals surface area contributed by atoms with Gasteiger partial charge in [0, 0.05) is 0 Å². The lowest BCUT2D eigenvalue weighted by Gasteiger charge is -2.00. The Balaban J connectivity index is 1.64. The van der Waals surface area contributed by atoms with Crippen molar-refractivity contribution in [1.82, 2.24) is 15.3 Å². The molecule has 5 nitrogen and oxygen atoms in total. The summed E-state index contributed by atoms with van der Waals surface area (Å²) < 4.78 is 5.47. The van der Waals surface area contributed by atoms with Crippen molar-refractivity contribution in [3.8, 4) is 0 Å². The number of nitrogens with zero attached hydrogens (tertiary/aromatic N) is 1. The Morgan fingerprint density at radius 3 is 3.00 bits per heavy atom. The van der Waals surface area contributed by atoms with Crippen LogP contribution in [-0.2, 0) is 12.3 Å². The van der Waals surface area contributed by atoms with Gasteiger partial charge in [0.25, 0.3) is 5.91 Å². The molecule has 6 heteroatoms. The number of carbonyl (C=O) groups is 1. The summed E-state index contributed by atoms with van der Waals surface area (Å²) in [7, 11) is 0. The monoisotopic (exact) mass is 301 g/mol. The fourth-order valence-electron chi connectivity index (χ4n) is 2.06. The number of carbonyl (C=O) groups excluding carboxylic acids is 1. The minimum absolute atomic E-state index is 0.234. The van der Waals surface area contributed by atoms with Gasteiger partial charge in [-0.25, -0.2) is 4.98 Å². The number of rotatable bonds is 5. The average molecular weight is 301 g/mol. The number of furan rings is 1. The van der Waals surface area contributed by atoms with E-state index in [0.717, 1.165) is 28.4 Å². The van der Waals surface area contributed by atoms with Gasteiger partial charge in [-0.05, 0) is 30.5 Å². The van der Waals surface area contributed by atoms with Crippen molar-refractivity contribution in [2.45, 2.75) is 12.3 Å². The molecule has 108 valence electrons. The van der Waals surface area contributed by atoms with E-state index in [2.05, 4.69) is 15.3 Å². The van der Waals surface area contributed by atoms with Crippen molar-refractivity contribution >= 4 is 28.7 Å². The normalized spacial score (nSPS) is 10.9. The van der Waals surface area contributed by atoms with Gasteiger partial charge in [-0.3, -0.25) is 4.79 Å². The van der Waals surface area contributed by atoms with Crippen LogP contribution >= 0.6 is 11.8 Å². The van der Waals surface area contributed by atoms with Crippen LogP contribution in [-0.4, -0.2) is 22.1 Å². The van der Waals surface area contributed by atoms with Gasteiger partial charge in [0.15, 0.2) is 5.76 Å². The molecule has 0 saturated heterocycles. The van der Waals surface area contributed by atoms with Crippen molar-refractivity contribution < 1.29 is 9.21 Å². The lowest BCUT2D eigenvalue weighted by Crippen LogP contribution is -2.22. The lowest BCUT2D eigenvalue weighted by molar-refractivity contribution is 0.0921. The van der Waals surface area contributed by atoms with Crippen LogP contribution in [0.25, 0.3) is 11.0 Å². The largest absolute Gasteiger partial charge is 0.455 e. The third-order valence-corrected chi connectivity index (χ3v) is 3.60. The summed E-state index contributed by atoms with van der Waals surface area (Å²) in [5.74, 6) is 2.38. The highest BCUT2D eigenvalue weighted by atomic mass is 32.2. The molecule has 0 bridgehead atoms. The number of fused-ring (bicyclic) bond motifs is 1. The highest BCUT2D eigenvalue weighted by molar-refractivity contribution is 7.97. The second-order valence-electron chi connectivity index (χ2n) is 4.58. The summed E-state index contributed by atoms with van der Waals surface area (Å²) in [6, 6.07) is 11.3. The molecule has 0 unspecified atom stereocenters. The minimum atomic E-state index is -0.234. The number of imidazole rings is 1. The smallest absolute Gasteiger partial charge is 0.287 e. The fourth-order valence-corrected chi connectivity index (χ4v) is 2.50. The fraction of sp³-hybridized carbons (Fsp3) is 0.200. The second kappa shape index (κ2) is 6.05. The molecule has 3 rings (SSSR count). The van der Waals surface area contributed by atoms with E-state index >= 15 is 0 Å². The highest BCUT2D eigenvalue weighted by Gasteiger charge is 2.11. The molecule has 0 spiro atoms. The Morgan fingerprint density at radius 2 is 2.19 bits per heavy atom. The number of hydrogen-bond donors (Lipinski definition) is 2. The van der Waals surface area contributed by atoms with Crippen LogP contribution in [0.3, 0.4) is 0 Å². The molecule has 3 aromatic rings. The van der Waals surface area contributed by atoms with E-state index < -0.39 is 0 Å². The summed E-state index contributed by atoms with van der Waals surface area (Å²) >= 11 is 1.65. The number of aromatic nitrogens is 2. The van der Waals surface area contributed by atoms with Gasteiger partial charge in [0.05, 0.1) is 23.3 Å². The van der Waals surface area contributed by atoms with Gasteiger partial charge in [-0.2, -0.15) is 11.8 Å². The number of benzene rings is 1. The van der Waals surface area contributed by atoms with Crippen molar-refractivity contribution in [1.29, 1.82) is 0 Å². The molecule has 0 aliphatic rings. The van der Waals surface area contributed by atoms with Gasteiger partial charge in [0.2, 0.25) is 0 Å². The van der Waals surface area contributed by atoms with Gasteiger partial charge >= 0.3 is 0 Å². The molecule has 0 atom stereocenters. The molecule has 1 aromatic carbocycles. The highest BCUT2D eigenvalue weighted by Crippen LogP contribution is 2.14. The second-order valence-corrected chi connectivity index (χ2v) is 5.45. The van der Waals surface area contributed by atoms with Crippen molar-refractivity contribution in [3.05, 3.63) is 53.7 Å². The number of para-hydroxylation sites is 2. The van der Waals surface area contributed by atoms with E-state index in [-0.39, 0.29) is 5.91 Å². The van der Waals surface area contributed by atoms with E-state index in [1.54, 1.807) is 17.8 Å². The SMILES string of the molecule is CSCc1ccc(C(=O)NCc2nc3ccccc3[nH]2)o1. The Morgan fingerprint density at radius 1 is 1.33 bits per heavy atom. The number of hydrogen-bond acceptors (Lipinski definition) is 4. The average Bonchev–Trinajstić information content (AvgIpc) is 3.11. The molecule has 2 aromatic heterocycles. The molecule has 2 N–H and O–H groups in total. The number of amides is 1. The first-order valence-electron chi connectivity index (χ1n) is 6.56. The summed E-state index contributed by atoms with van der Waals surface area (Å²) in [5.41, 5.74) is 1.85. The third-order valence-electron chi connectivity index (χ3n) is 3.03. The Kier molecular flexibility index (Phi) is 3.96. The molecule has 0 aliphatic carbocycles. The van der Waals surface area contributed by atoms with Crippen molar-refractivity contribution in [2.24, 2.45) is 0 Å². The predicted molar refractivity (Wildman–Crippen MR) is 83.2 cm³/mol. The summed E-state index contributed by atoms with van der Waals surface area (Å²) in [6.45, 7) is 0.339. The predicted octanol–water partition coefficient (Wildman–Crippen LogP) is 2.95. The summed E-state index contributed by atoms with van der Waals surface area (Å²) in [4.78, 5) is 19.6. The quantitative estimate of drug-likeness (QED) is 0.760. The van der Waals surface area contributed by atoms with Crippen LogP contribution in [0.5, 0.6) is 0 Å². The molecule has 1 amide bonds. The topological polar surface area (TPSA) is 70.9 Å². The standard InChI is InChI=1S/C15H15N3O2S/c1-21-9-10-6-7-13(20-10)15(19)16-8-14-17-11-4-2-3-5-12(11)18-14/h2-7H,8-9H2,1H3,(H,16,19)(H,17,18). The third kappa shape index (κ3) is 3.11. The van der Waals surface area contributed by atoms with Crippen molar-refractivity contribution in [3.63, 3.8) is 0 Å². The Labute approximate surface area is 126 Å². The first-order chi connectivity index (χ1) is 10.3. The Bertz CT molecular complexity index is 730. The molecular weight excluding hydrogens is 286 g/mol. The molecule has 0 saturated carbocycles. The number of aromatic amines is 1. The molecular formula is C15H15N3O2S. The van der Waals surface area contributed by atoms with Gasteiger partial charge in [-0.15, -0.1) is 0 Å². The maximum absolute atomic E-state index is 12.0. The molecule has 0 radical (unpaired) electrons. The summed E-state index contributed by atoms with van der Waals surface area (Å²) in [5, 5.41) is 2.80. The maximum atomic E-state index is 12.0. The molecule has 0 fully saturated rings. The van der Waals surface area contributed by atoms with E-state index in [4.69, 9.17) is 4.42 Å². The minimum Gasteiger partial charge on any atom is -0.455 e. The van der Waals surface area contributed by atoms with Gasteiger partial charge < -0.3 is 14.7 Å². The van der Waals surface area contributed by atoms with Crippen molar-refractivity contribution in [2.75, 3.05) is 6.26 Å². The summed E-state index contributed by atoms with van der Waals surface area (Å²) in [6.07, 6.45) is 1.99. The van der Waals surface area contributed by atoms with E-state index in [9.17, 15) is 4.79 Å². The van der Waals surface area contributed by atoms with Crippen LogP contribution in [0.2, 0.25) is 0 Å². The first-order valence-corrected chi connectivity index (χ1v) is 7.95. The molecule has 21 heavy (non-hydrogen) atoms. The molecule has 0 aliphatic heterocycles. The van der Waals surface area contributed by atoms with E-state index in [1.165, 1.54) is 0 Å². The molecule has 2 heterocycles. The number of nitrogens with one attached hydrogen (secondary N) is 2. The van der Waals surface area contributed by atoms with Gasteiger partial charge in [0.1, 0.15) is 11.6 Å². The number of H-pyrrole nitrogens is 1. The van der Waals surface area contributed by atoms with Crippen LogP contribution in [0, 0.1) is 0 Å². The van der Waals surface area contributed by atoms with Crippen LogP contribution in [0.1, 0.15) is 22.1 Å². The van der Waals surface area contributed by atoms with E-state index in [0.29, 0.717) is 12.3 Å². The van der Waals surface area contributed by atoms with Crippen LogP contribution in [0.4, 0.5) is 0 Å². The first kappa shape index (κ1) is 13.8. The van der Waals surface area contributed by atoms with Gasteiger partial charge in [-0.1, -0.05) is 12.1 Å². The zero-order valence-electron chi connectivity index (χ0n) is 11.6.